The highest BCUT2D eigenvalue weighted by molar-refractivity contribution is 5.81. The van der Waals surface area contributed by atoms with E-state index in [1.807, 2.05) is 0 Å². The number of hydrogen-bond donors (Lipinski definition) is 0. The summed E-state index contributed by atoms with van der Waals surface area (Å²) in [6.07, 6.45) is 1.75. The number of aromatic nitrogens is 2. The number of rotatable bonds is 2. The fourth-order valence-electron chi connectivity index (χ4n) is 2.02. The summed E-state index contributed by atoms with van der Waals surface area (Å²) in [5, 5.41) is 20.4. The molecule has 3 rings (SSSR count). The Hall–Kier alpha value is -3.20. The fraction of sp³-hybridized carbons (Fsp3) is 0. The van der Waals surface area contributed by atoms with E-state index in [4.69, 9.17) is 5.26 Å². The fourth-order valence-corrected chi connectivity index (χ4v) is 2.02. The predicted octanol–water partition coefficient (Wildman–Crippen LogP) is 2.81. The van der Waals surface area contributed by atoms with Gasteiger partial charge in [-0.3, -0.25) is 14.7 Å². The van der Waals surface area contributed by atoms with Crippen molar-refractivity contribution in [2.24, 2.45) is 0 Å². The summed E-state index contributed by atoms with van der Waals surface area (Å²) in [6.45, 7) is 0. The molecule has 0 saturated carbocycles. The van der Waals surface area contributed by atoms with Crippen LogP contribution < -0.4 is 0 Å². The van der Waals surface area contributed by atoms with Crippen LogP contribution in [0.1, 0.15) is 5.69 Å². The summed E-state index contributed by atoms with van der Waals surface area (Å²) in [5.74, 6) is 0.605. The molecule has 96 valence electrons. The average Bonchev–Trinajstić information content (AvgIpc) is 2.94. The number of nitriles is 1. The second kappa shape index (κ2) is 4.48. The minimum absolute atomic E-state index is 0.0331. The van der Waals surface area contributed by atoms with Gasteiger partial charge in [-0.15, -0.1) is 0 Å². The molecule has 2 heterocycles. The van der Waals surface area contributed by atoms with E-state index in [0.717, 1.165) is 0 Å². The molecule has 0 bridgehead atoms. The lowest BCUT2D eigenvalue weighted by Crippen LogP contribution is -1.98. The number of nitro groups is 1. The zero-order chi connectivity index (χ0) is 14.1. The molecule has 0 fully saturated rings. The van der Waals surface area contributed by atoms with Crippen LogP contribution in [-0.4, -0.2) is 14.5 Å². The molecule has 0 aliphatic rings. The van der Waals surface area contributed by atoms with Gasteiger partial charge in [-0.1, -0.05) is 0 Å². The number of non-ortho nitro benzene ring substituents is 1. The second-order valence-electron chi connectivity index (χ2n) is 4.18. The molecule has 0 spiro atoms. The molecule has 6 heteroatoms. The number of fused-ring (bicyclic) bond motifs is 1. The summed E-state index contributed by atoms with van der Waals surface area (Å²) in [6, 6.07) is 13.5. The third kappa shape index (κ3) is 1.87. The van der Waals surface area contributed by atoms with Gasteiger partial charge in [-0.2, -0.15) is 5.26 Å². The van der Waals surface area contributed by atoms with Gasteiger partial charge >= 0.3 is 0 Å². The van der Waals surface area contributed by atoms with Crippen molar-refractivity contribution in [3.05, 3.63) is 64.5 Å². The molecule has 1 aromatic carbocycles. The van der Waals surface area contributed by atoms with Crippen molar-refractivity contribution in [2.75, 3.05) is 0 Å². The van der Waals surface area contributed by atoms with Crippen molar-refractivity contribution in [1.29, 1.82) is 5.26 Å². The lowest BCUT2D eigenvalue weighted by molar-refractivity contribution is -0.384. The van der Waals surface area contributed by atoms with E-state index in [0.29, 0.717) is 22.4 Å². The summed E-state index contributed by atoms with van der Waals surface area (Å²) in [5.41, 5.74) is 1.16. The molecular weight excluding hydrogens is 256 g/mol. The van der Waals surface area contributed by atoms with Crippen LogP contribution in [0.2, 0.25) is 0 Å². The number of benzene rings is 1. The summed E-state index contributed by atoms with van der Waals surface area (Å²) in [4.78, 5) is 14.7. The number of nitro benzene ring substituents is 1. The van der Waals surface area contributed by atoms with Crippen LogP contribution in [-0.2, 0) is 0 Å². The van der Waals surface area contributed by atoms with Crippen molar-refractivity contribution in [3.63, 3.8) is 0 Å². The van der Waals surface area contributed by atoms with Gasteiger partial charge in [-0.25, -0.2) is 4.98 Å². The number of pyridine rings is 1. The van der Waals surface area contributed by atoms with Gasteiger partial charge in [0.2, 0.25) is 0 Å². The molecule has 0 aliphatic carbocycles. The van der Waals surface area contributed by atoms with E-state index in [-0.39, 0.29) is 5.69 Å². The first-order valence-corrected chi connectivity index (χ1v) is 5.82. The van der Waals surface area contributed by atoms with Crippen LogP contribution in [0.15, 0.2) is 48.7 Å². The van der Waals surface area contributed by atoms with Crippen LogP contribution in [0, 0.1) is 21.4 Å². The Kier molecular flexibility index (Phi) is 2.66. The SMILES string of the molecule is N#Cc1cccn1-c1ccc2cc([N+](=O)[O-])ccc2n1. The van der Waals surface area contributed by atoms with Crippen LogP contribution in [0.4, 0.5) is 5.69 Å². The minimum Gasteiger partial charge on any atom is -0.293 e. The Bertz CT molecular complexity index is 861. The topological polar surface area (TPSA) is 84.8 Å². The van der Waals surface area contributed by atoms with Gasteiger partial charge < -0.3 is 0 Å². The first-order valence-electron chi connectivity index (χ1n) is 5.82. The van der Waals surface area contributed by atoms with Crippen LogP contribution in [0.25, 0.3) is 16.7 Å². The van der Waals surface area contributed by atoms with Gasteiger partial charge in [0, 0.05) is 23.7 Å². The largest absolute Gasteiger partial charge is 0.293 e. The number of hydrogen-bond acceptors (Lipinski definition) is 4. The zero-order valence-electron chi connectivity index (χ0n) is 10.2. The minimum atomic E-state index is -0.437. The third-order valence-corrected chi connectivity index (χ3v) is 2.98. The van der Waals surface area contributed by atoms with Crippen molar-refractivity contribution in [2.45, 2.75) is 0 Å². The van der Waals surface area contributed by atoms with Crippen molar-refractivity contribution < 1.29 is 4.92 Å². The normalized spacial score (nSPS) is 10.3. The molecule has 2 aromatic heterocycles. The molecule has 3 aromatic rings. The standard InChI is InChI=1S/C14H8N4O2/c15-9-12-2-1-7-17(12)14-6-3-10-8-11(18(19)20)4-5-13(10)16-14/h1-8H. The molecule has 0 amide bonds. The average molecular weight is 264 g/mol. The third-order valence-electron chi connectivity index (χ3n) is 2.98. The predicted molar refractivity (Wildman–Crippen MR) is 72.4 cm³/mol. The van der Waals surface area contributed by atoms with Crippen LogP contribution in [0.5, 0.6) is 0 Å². The maximum Gasteiger partial charge on any atom is 0.270 e. The molecule has 0 radical (unpaired) electrons. The van der Waals surface area contributed by atoms with E-state index in [2.05, 4.69) is 11.1 Å². The monoisotopic (exact) mass is 264 g/mol. The van der Waals surface area contributed by atoms with Crippen LogP contribution in [0.3, 0.4) is 0 Å². The molecule has 0 aliphatic heterocycles. The Morgan fingerprint density at radius 3 is 2.85 bits per heavy atom. The van der Waals surface area contributed by atoms with Gasteiger partial charge in [0.05, 0.1) is 10.4 Å². The maximum absolute atomic E-state index is 10.7. The first-order chi connectivity index (χ1) is 9.69. The molecule has 6 nitrogen and oxygen atoms in total. The lowest BCUT2D eigenvalue weighted by atomic mass is 10.2. The van der Waals surface area contributed by atoms with Crippen molar-refractivity contribution in [3.8, 4) is 11.9 Å². The number of nitrogens with zero attached hydrogens (tertiary/aromatic N) is 4. The van der Waals surface area contributed by atoms with Gasteiger partial charge in [0.15, 0.2) is 0 Å². The quantitative estimate of drug-likeness (QED) is 0.526. The highest BCUT2D eigenvalue weighted by atomic mass is 16.6. The Morgan fingerprint density at radius 2 is 2.10 bits per heavy atom. The summed E-state index contributed by atoms with van der Waals surface area (Å²) >= 11 is 0. The maximum atomic E-state index is 10.7. The molecule has 0 saturated heterocycles. The summed E-state index contributed by atoms with van der Waals surface area (Å²) in [7, 11) is 0. The van der Waals surface area contributed by atoms with E-state index < -0.39 is 4.92 Å². The molecular formula is C14H8N4O2. The zero-order valence-corrected chi connectivity index (χ0v) is 10.2. The molecule has 0 unspecified atom stereocenters. The van der Waals surface area contributed by atoms with Crippen molar-refractivity contribution in [1.82, 2.24) is 9.55 Å². The van der Waals surface area contributed by atoms with E-state index >= 15 is 0 Å². The molecule has 0 N–H and O–H groups in total. The molecule has 20 heavy (non-hydrogen) atoms. The van der Waals surface area contributed by atoms with E-state index in [9.17, 15) is 10.1 Å². The van der Waals surface area contributed by atoms with Gasteiger partial charge in [0.1, 0.15) is 17.6 Å². The lowest BCUT2D eigenvalue weighted by Gasteiger charge is -2.05. The summed E-state index contributed by atoms with van der Waals surface area (Å²) < 4.78 is 1.67. The Labute approximate surface area is 113 Å². The molecule has 0 atom stereocenters. The smallest absolute Gasteiger partial charge is 0.270 e. The van der Waals surface area contributed by atoms with E-state index in [1.54, 1.807) is 41.1 Å². The second-order valence-corrected chi connectivity index (χ2v) is 4.18. The van der Waals surface area contributed by atoms with Crippen molar-refractivity contribution >= 4 is 16.6 Å². The highest BCUT2D eigenvalue weighted by Gasteiger charge is 2.09. The van der Waals surface area contributed by atoms with Gasteiger partial charge in [0.25, 0.3) is 5.69 Å². The van der Waals surface area contributed by atoms with Gasteiger partial charge in [-0.05, 0) is 30.3 Å². The van der Waals surface area contributed by atoms with Crippen LogP contribution >= 0.6 is 0 Å². The Morgan fingerprint density at radius 1 is 1.25 bits per heavy atom. The van der Waals surface area contributed by atoms with E-state index in [1.165, 1.54) is 12.1 Å². The first kappa shape index (κ1) is 11.9. The highest BCUT2D eigenvalue weighted by Crippen LogP contribution is 2.21. The Balaban J connectivity index is 2.15.